The molecule has 1 unspecified atom stereocenters. The maximum atomic E-state index is 12.3. The van der Waals surface area contributed by atoms with Gasteiger partial charge in [-0.25, -0.2) is 4.67 Å². The summed E-state index contributed by atoms with van der Waals surface area (Å²) in [5.74, 6) is -0.799. The maximum Gasteiger partial charge on any atom is 0.285 e. The number of hydrogen-bond donors (Lipinski definition) is 0. The predicted molar refractivity (Wildman–Crippen MR) is 134 cm³/mol. The number of hydroxylamine groups is 2. The Balaban J connectivity index is 0.00000281. The van der Waals surface area contributed by atoms with Crippen LogP contribution in [-0.2, 0) is 13.9 Å². The average Bonchev–Trinajstić information content (AvgIpc) is 3.06. The van der Waals surface area contributed by atoms with Crippen molar-refractivity contribution in [2.75, 3.05) is 19.8 Å². The average molecular weight is 494 g/mol. The van der Waals surface area contributed by atoms with Crippen LogP contribution in [0.1, 0.15) is 94.4 Å². The van der Waals surface area contributed by atoms with Gasteiger partial charge < -0.3 is 9.05 Å². The van der Waals surface area contributed by atoms with Gasteiger partial charge in [0.25, 0.3) is 20.3 Å². The summed E-state index contributed by atoms with van der Waals surface area (Å²) in [6.45, 7) is 13.7. The fourth-order valence-corrected chi connectivity index (χ4v) is 5.08. The van der Waals surface area contributed by atoms with Gasteiger partial charge in [-0.05, 0) is 52.7 Å². The molecule has 0 N–H and O–H groups in total. The molecule has 1 heterocycles. The Morgan fingerprint density at radius 3 is 1.88 bits per heavy atom. The van der Waals surface area contributed by atoms with Crippen LogP contribution < -0.4 is 0 Å². The molecule has 8 nitrogen and oxygen atoms in total. The zero-order valence-corrected chi connectivity index (χ0v) is 22.3. The van der Waals surface area contributed by atoms with Crippen LogP contribution in [0, 0.1) is 11.3 Å². The van der Waals surface area contributed by atoms with Crippen molar-refractivity contribution in [1.82, 2.24) is 9.73 Å². The largest absolute Gasteiger partial charge is 0.322 e. The number of rotatable bonds is 15. The molecular weight excluding hydrogens is 453 g/mol. The van der Waals surface area contributed by atoms with Gasteiger partial charge in [-0.3, -0.25) is 14.4 Å². The Morgan fingerprint density at radius 1 is 0.882 bits per heavy atom. The fraction of sp³-hybridized carbons (Fsp3) is 0.640. The van der Waals surface area contributed by atoms with Crippen molar-refractivity contribution in [3.63, 3.8) is 0 Å². The van der Waals surface area contributed by atoms with E-state index in [-0.39, 0.29) is 12.1 Å². The van der Waals surface area contributed by atoms with E-state index in [0.29, 0.717) is 37.4 Å². The summed E-state index contributed by atoms with van der Waals surface area (Å²) in [7, 11) is -1.21. The lowest BCUT2D eigenvalue weighted by Gasteiger charge is -2.35. The summed E-state index contributed by atoms with van der Waals surface area (Å²) >= 11 is 0. The van der Waals surface area contributed by atoms with Crippen LogP contribution in [0.5, 0.6) is 0 Å². The van der Waals surface area contributed by atoms with Gasteiger partial charge in [-0.1, -0.05) is 38.8 Å². The van der Waals surface area contributed by atoms with Gasteiger partial charge in [-0.15, -0.1) is 5.06 Å². The van der Waals surface area contributed by atoms with E-state index < -0.39 is 20.3 Å². The lowest BCUT2D eigenvalue weighted by Crippen LogP contribution is -2.33. The second-order valence-corrected chi connectivity index (χ2v) is 9.53. The van der Waals surface area contributed by atoms with E-state index in [4.69, 9.17) is 19.1 Å². The molecule has 1 aliphatic heterocycles. The summed E-state index contributed by atoms with van der Waals surface area (Å²) in [6, 6.07) is 9.40. The monoisotopic (exact) mass is 493 g/mol. The normalized spacial score (nSPS) is 13.8. The topological polar surface area (TPSA) is 92.1 Å². The van der Waals surface area contributed by atoms with Crippen LogP contribution in [0.2, 0.25) is 0 Å². The Hall–Kier alpha value is -1.88. The SMILES string of the molecule is CC.CC(C)N(C(C)C)P(OCCC#N)OCCCCCCON1C(=O)c2ccccc2C1=O. The lowest BCUT2D eigenvalue weighted by atomic mass is 10.1. The molecule has 0 radical (unpaired) electrons. The van der Waals surface area contributed by atoms with Crippen LogP contribution in [0.4, 0.5) is 0 Å². The highest BCUT2D eigenvalue weighted by molar-refractivity contribution is 7.44. The molecule has 0 fully saturated rings. The Morgan fingerprint density at radius 2 is 1.38 bits per heavy atom. The molecule has 9 heteroatoms. The Kier molecular flexibility index (Phi) is 14.8. The molecule has 34 heavy (non-hydrogen) atoms. The van der Waals surface area contributed by atoms with Gasteiger partial charge in [0.05, 0.1) is 43.4 Å². The van der Waals surface area contributed by atoms with Crippen molar-refractivity contribution < 1.29 is 23.5 Å². The van der Waals surface area contributed by atoms with Crippen molar-refractivity contribution in [2.24, 2.45) is 0 Å². The minimum atomic E-state index is -1.21. The summed E-state index contributed by atoms with van der Waals surface area (Å²) < 4.78 is 14.1. The van der Waals surface area contributed by atoms with E-state index in [2.05, 4.69) is 38.4 Å². The Labute approximate surface area is 206 Å². The van der Waals surface area contributed by atoms with Crippen LogP contribution >= 0.6 is 8.53 Å². The predicted octanol–water partition coefficient (Wildman–Crippen LogP) is 6.09. The number of unbranched alkanes of at least 4 members (excludes halogenated alkanes) is 3. The summed E-state index contributed by atoms with van der Waals surface area (Å²) in [6.07, 6.45) is 3.80. The number of nitriles is 1. The zero-order valence-electron chi connectivity index (χ0n) is 21.5. The number of amides is 2. The van der Waals surface area contributed by atoms with Gasteiger partial charge >= 0.3 is 0 Å². The van der Waals surface area contributed by atoms with Gasteiger partial charge in [-0.2, -0.15) is 5.26 Å². The van der Waals surface area contributed by atoms with Gasteiger partial charge in [0.2, 0.25) is 0 Å². The molecule has 2 rings (SSSR count). The Bertz CT molecular complexity index is 754. The number of nitrogens with zero attached hydrogens (tertiary/aromatic N) is 3. The molecule has 0 saturated carbocycles. The smallest absolute Gasteiger partial charge is 0.285 e. The van der Waals surface area contributed by atoms with Gasteiger partial charge in [0.15, 0.2) is 0 Å². The lowest BCUT2D eigenvalue weighted by molar-refractivity contribution is -0.0923. The van der Waals surface area contributed by atoms with E-state index in [0.717, 1.165) is 30.7 Å². The number of imide groups is 1. The van der Waals surface area contributed by atoms with Crippen LogP contribution in [0.25, 0.3) is 0 Å². The maximum absolute atomic E-state index is 12.3. The molecule has 1 aromatic carbocycles. The molecule has 1 aromatic rings. The van der Waals surface area contributed by atoms with Gasteiger partial charge in [0.1, 0.15) is 0 Å². The number of fused-ring (bicyclic) bond motifs is 1. The fourth-order valence-electron chi connectivity index (χ4n) is 3.45. The van der Waals surface area contributed by atoms with Crippen LogP contribution in [0.15, 0.2) is 24.3 Å². The van der Waals surface area contributed by atoms with E-state index in [9.17, 15) is 9.59 Å². The molecule has 190 valence electrons. The van der Waals surface area contributed by atoms with Crippen molar-refractivity contribution in [2.45, 2.75) is 85.7 Å². The molecule has 0 bridgehead atoms. The van der Waals surface area contributed by atoms with E-state index >= 15 is 0 Å². The molecule has 0 aromatic heterocycles. The zero-order chi connectivity index (χ0) is 25.5. The molecule has 0 spiro atoms. The van der Waals surface area contributed by atoms with Crippen molar-refractivity contribution in [3.8, 4) is 6.07 Å². The minimum Gasteiger partial charge on any atom is -0.322 e. The molecule has 1 aliphatic rings. The standard InChI is InChI=1S/C23H34N3O5P.C2H6/c1-18(2)26(19(3)4)32(31-17-11-14-24)30-16-10-6-5-9-15-29-25-22(27)20-12-7-8-13-21(20)23(25)28;1-2/h7-8,12-13,18-19H,5-6,9-11,15-17H2,1-4H3;1-2H3. The first-order valence-corrected chi connectivity index (χ1v) is 13.3. The highest BCUT2D eigenvalue weighted by Crippen LogP contribution is 2.46. The second-order valence-electron chi connectivity index (χ2n) is 8.08. The number of benzene rings is 1. The number of carbonyl (C=O) groups is 2. The quantitative estimate of drug-likeness (QED) is 0.166. The highest BCUT2D eigenvalue weighted by atomic mass is 31.2. The summed E-state index contributed by atoms with van der Waals surface area (Å²) in [5, 5.41) is 9.64. The number of carbonyl (C=O) groups excluding carboxylic acids is 2. The molecule has 0 saturated heterocycles. The van der Waals surface area contributed by atoms with Crippen molar-refractivity contribution in [1.29, 1.82) is 5.26 Å². The molecule has 1 atom stereocenters. The summed E-state index contributed by atoms with van der Waals surface area (Å²) in [4.78, 5) is 30.0. The minimum absolute atomic E-state index is 0.280. The first kappa shape index (κ1) is 30.2. The third kappa shape index (κ3) is 9.05. The third-order valence-corrected chi connectivity index (χ3v) is 6.99. The first-order valence-electron chi connectivity index (χ1n) is 12.2. The summed E-state index contributed by atoms with van der Waals surface area (Å²) in [5.41, 5.74) is 0.778. The van der Waals surface area contributed by atoms with Crippen LogP contribution in [-0.4, -0.2) is 53.5 Å². The highest BCUT2D eigenvalue weighted by Gasteiger charge is 2.36. The van der Waals surface area contributed by atoms with E-state index in [1.807, 2.05) is 13.8 Å². The van der Waals surface area contributed by atoms with Crippen molar-refractivity contribution >= 4 is 20.3 Å². The first-order chi connectivity index (χ1) is 16.4. The van der Waals surface area contributed by atoms with Crippen molar-refractivity contribution in [3.05, 3.63) is 35.4 Å². The molecular formula is C25H40N3O5P. The molecule has 0 aliphatic carbocycles. The van der Waals surface area contributed by atoms with Crippen LogP contribution in [0.3, 0.4) is 0 Å². The molecule has 2 amide bonds. The van der Waals surface area contributed by atoms with E-state index in [1.165, 1.54) is 0 Å². The third-order valence-electron chi connectivity index (χ3n) is 4.88. The second kappa shape index (κ2) is 16.7. The number of hydrogen-bond acceptors (Lipinski definition) is 7. The van der Waals surface area contributed by atoms with E-state index in [1.54, 1.807) is 24.3 Å². The van der Waals surface area contributed by atoms with Gasteiger partial charge in [0, 0.05) is 12.1 Å².